The molecule has 0 saturated carbocycles. The quantitative estimate of drug-likeness (QED) is 0.602. The van der Waals surface area contributed by atoms with Crippen molar-refractivity contribution in [1.82, 2.24) is 24.4 Å². The number of piperidine rings is 1. The first kappa shape index (κ1) is 21.2. The average molecular weight is 422 g/mol. The molecule has 0 radical (unpaired) electrons. The summed E-state index contributed by atoms with van der Waals surface area (Å²) in [6.07, 6.45) is 6.93. The van der Waals surface area contributed by atoms with Crippen LogP contribution in [0, 0.1) is 5.92 Å². The number of nitrogens with zero attached hydrogens (tertiary/aromatic N) is 6. The second-order valence-electron chi connectivity index (χ2n) is 7.94. The molecule has 8 nitrogen and oxygen atoms in total. The number of aromatic nitrogens is 4. The molecule has 1 amide bonds. The number of carbonyl (C=O) groups excluding carboxylic acids is 1. The predicted molar refractivity (Wildman–Crippen MR) is 123 cm³/mol. The summed E-state index contributed by atoms with van der Waals surface area (Å²) < 4.78 is 2.13. The maximum Gasteiger partial charge on any atom is 0.231 e. The van der Waals surface area contributed by atoms with Gasteiger partial charge < -0.3 is 14.4 Å². The fraction of sp³-hybridized carbons (Fsp3) is 0.478. The smallest absolute Gasteiger partial charge is 0.231 e. The molecule has 4 rings (SSSR count). The molecule has 3 heterocycles. The molecule has 1 saturated heterocycles. The van der Waals surface area contributed by atoms with E-state index in [-0.39, 0.29) is 11.8 Å². The standard InChI is InChI=1S/C23H31N7O/c1-3-28(4-2)14-15-30-20-10-6-5-9-19(20)26-23(30)27-22(31)18-8-7-13-29(17-18)21-16-24-11-12-25-21/h5-6,9-12,16,18H,3-4,7-8,13-15,17H2,1-2H3,(H,26,27,31). The van der Waals surface area contributed by atoms with Crippen LogP contribution in [0.3, 0.4) is 0 Å². The molecule has 164 valence electrons. The summed E-state index contributed by atoms with van der Waals surface area (Å²) in [4.78, 5) is 31.0. The van der Waals surface area contributed by atoms with Crippen molar-refractivity contribution in [1.29, 1.82) is 0 Å². The van der Waals surface area contributed by atoms with Gasteiger partial charge in [-0.3, -0.25) is 15.1 Å². The van der Waals surface area contributed by atoms with Crippen molar-refractivity contribution < 1.29 is 4.79 Å². The molecule has 1 aromatic carbocycles. The van der Waals surface area contributed by atoms with Crippen molar-refractivity contribution in [2.45, 2.75) is 33.2 Å². The van der Waals surface area contributed by atoms with Crippen LogP contribution < -0.4 is 10.2 Å². The molecule has 0 bridgehead atoms. The molecule has 2 aromatic heterocycles. The highest BCUT2D eigenvalue weighted by Gasteiger charge is 2.28. The van der Waals surface area contributed by atoms with Gasteiger partial charge in [-0.1, -0.05) is 26.0 Å². The zero-order valence-electron chi connectivity index (χ0n) is 18.4. The van der Waals surface area contributed by atoms with Crippen LogP contribution in [0.15, 0.2) is 42.9 Å². The minimum Gasteiger partial charge on any atom is -0.355 e. The number of fused-ring (bicyclic) bond motifs is 1. The zero-order valence-corrected chi connectivity index (χ0v) is 18.4. The number of rotatable bonds is 8. The maximum absolute atomic E-state index is 13.2. The fourth-order valence-corrected chi connectivity index (χ4v) is 4.24. The van der Waals surface area contributed by atoms with E-state index in [1.54, 1.807) is 18.6 Å². The van der Waals surface area contributed by atoms with Crippen molar-refractivity contribution in [3.8, 4) is 0 Å². The van der Waals surface area contributed by atoms with Crippen LogP contribution in [0.5, 0.6) is 0 Å². The molecule has 0 aliphatic carbocycles. The molecule has 1 aliphatic heterocycles. The molecule has 8 heteroatoms. The van der Waals surface area contributed by atoms with Gasteiger partial charge in [-0.25, -0.2) is 9.97 Å². The van der Waals surface area contributed by atoms with Gasteiger partial charge in [0.05, 0.1) is 23.1 Å². The Kier molecular flexibility index (Phi) is 6.76. The van der Waals surface area contributed by atoms with E-state index in [1.807, 2.05) is 18.2 Å². The SMILES string of the molecule is CCN(CC)CCn1c(NC(=O)C2CCCN(c3cnccn3)C2)nc2ccccc21. The molecule has 1 aliphatic rings. The lowest BCUT2D eigenvalue weighted by Crippen LogP contribution is -2.41. The Bertz CT molecular complexity index is 1000. The van der Waals surface area contributed by atoms with Crippen molar-refractivity contribution in [3.05, 3.63) is 42.9 Å². The molecule has 3 aromatic rings. The second-order valence-corrected chi connectivity index (χ2v) is 7.94. The monoisotopic (exact) mass is 421 g/mol. The molecule has 31 heavy (non-hydrogen) atoms. The van der Waals surface area contributed by atoms with E-state index in [0.29, 0.717) is 12.5 Å². The normalized spacial score (nSPS) is 16.7. The summed E-state index contributed by atoms with van der Waals surface area (Å²) in [5, 5.41) is 3.13. The average Bonchev–Trinajstić information content (AvgIpc) is 3.17. The lowest BCUT2D eigenvalue weighted by molar-refractivity contribution is -0.120. The summed E-state index contributed by atoms with van der Waals surface area (Å²) in [5.74, 6) is 1.38. The Balaban J connectivity index is 1.50. The summed E-state index contributed by atoms with van der Waals surface area (Å²) in [5.41, 5.74) is 1.96. The van der Waals surface area contributed by atoms with E-state index < -0.39 is 0 Å². The number of hydrogen-bond acceptors (Lipinski definition) is 6. The highest BCUT2D eigenvalue weighted by molar-refractivity contribution is 5.93. The molecule has 0 spiro atoms. The van der Waals surface area contributed by atoms with Crippen LogP contribution in [0.2, 0.25) is 0 Å². The first-order valence-corrected chi connectivity index (χ1v) is 11.2. The zero-order chi connectivity index (χ0) is 21.6. The second kappa shape index (κ2) is 9.87. The van der Waals surface area contributed by atoms with Gasteiger partial charge >= 0.3 is 0 Å². The van der Waals surface area contributed by atoms with E-state index in [0.717, 1.165) is 62.4 Å². The number of para-hydroxylation sites is 2. The minimum absolute atomic E-state index is 0.0213. The number of nitrogens with one attached hydrogen (secondary N) is 1. The Morgan fingerprint density at radius 2 is 2.06 bits per heavy atom. The van der Waals surface area contributed by atoms with Gasteiger partial charge in [0.2, 0.25) is 11.9 Å². The Morgan fingerprint density at radius 3 is 2.84 bits per heavy atom. The molecular weight excluding hydrogens is 390 g/mol. The molecule has 1 atom stereocenters. The highest BCUT2D eigenvalue weighted by atomic mass is 16.2. The first-order valence-electron chi connectivity index (χ1n) is 11.2. The van der Waals surface area contributed by atoms with Gasteiger partial charge in [0.15, 0.2) is 0 Å². The summed E-state index contributed by atoms with van der Waals surface area (Å²) in [7, 11) is 0. The van der Waals surface area contributed by atoms with Crippen molar-refractivity contribution in [3.63, 3.8) is 0 Å². The summed E-state index contributed by atoms with van der Waals surface area (Å²) >= 11 is 0. The first-order chi connectivity index (χ1) is 15.2. The lowest BCUT2D eigenvalue weighted by Gasteiger charge is -2.32. The van der Waals surface area contributed by atoms with Gasteiger partial charge in [0, 0.05) is 38.6 Å². The predicted octanol–water partition coefficient (Wildman–Crippen LogP) is 3.02. The number of hydrogen-bond donors (Lipinski definition) is 1. The van der Waals surface area contributed by atoms with Crippen LogP contribution in [0.1, 0.15) is 26.7 Å². The van der Waals surface area contributed by atoms with Crippen LogP contribution >= 0.6 is 0 Å². The number of benzene rings is 1. The summed E-state index contributed by atoms with van der Waals surface area (Å²) in [6, 6.07) is 8.06. The third-order valence-corrected chi connectivity index (χ3v) is 6.09. The van der Waals surface area contributed by atoms with Gasteiger partial charge in [0.1, 0.15) is 5.82 Å². The molecular formula is C23H31N7O. The number of imidazole rings is 1. The van der Waals surface area contributed by atoms with Crippen LogP contribution in [-0.2, 0) is 11.3 Å². The number of amides is 1. The Hall–Kier alpha value is -3.00. The van der Waals surface area contributed by atoms with E-state index in [1.165, 1.54) is 0 Å². The summed E-state index contributed by atoms with van der Waals surface area (Å²) in [6.45, 7) is 9.59. The molecule has 1 N–H and O–H groups in total. The maximum atomic E-state index is 13.2. The molecule has 1 unspecified atom stereocenters. The highest BCUT2D eigenvalue weighted by Crippen LogP contribution is 2.24. The van der Waals surface area contributed by atoms with Crippen molar-refractivity contribution in [2.75, 3.05) is 42.9 Å². The van der Waals surface area contributed by atoms with E-state index in [4.69, 9.17) is 4.98 Å². The Morgan fingerprint density at radius 1 is 1.23 bits per heavy atom. The number of anilines is 2. The van der Waals surface area contributed by atoms with E-state index in [2.05, 4.69) is 49.6 Å². The third kappa shape index (κ3) is 4.85. The lowest BCUT2D eigenvalue weighted by atomic mass is 9.97. The van der Waals surface area contributed by atoms with Crippen LogP contribution in [0.25, 0.3) is 11.0 Å². The van der Waals surface area contributed by atoms with Gasteiger partial charge in [-0.15, -0.1) is 0 Å². The van der Waals surface area contributed by atoms with Crippen molar-refractivity contribution >= 4 is 28.7 Å². The number of carbonyl (C=O) groups is 1. The van der Waals surface area contributed by atoms with E-state index >= 15 is 0 Å². The van der Waals surface area contributed by atoms with Gasteiger partial charge in [-0.2, -0.15) is 0 Å². The number of likely N-dealkylation sites (N-methyl/N-ethyl adjacent to an activating group) is 1. The largest absolute Gasteiger partial charge is 0.355 e. The van der Waals surface area contributed by atoms with Crippen LogP contribution in [0.4, 0.5) is 11.8 Å². The van der Waals surface area contributed by atoms with Crippen molar-refractivity contribution in [2.24, 2.45) is 5.92 Å². The van der Waals surface area contributed by atoms with E-state index in [9.17, 15) is 4.79 Å². The fourth-order valence-electron chi connectivity index (χ4n) is 4.24. The molecule has 1 fully saturated rings. The van der Waals surface area contributed by atoms with Gasteiger partial charge in [-0.05, 0) is 38.1 Å². The van der Waals surface area contributed by atoms with Crippen LogP contribution in [-0.4, -0.2) is 63.0 Å². The topological polar surface area (TPSA) is 79.2 Å². The van der Waals surface area contributed by atoms with Gasteiger partial charge in [0.25, 0.3) is 0 Å². The Labute approximate surface area is 183 Å². The minimum atomic E-state index is -0.105. The third-order valence-electron chi connectivity index (χ3n) is 6.09.